The van der Waals surface area contributed by atoms with Gasteiger partial charge in [0.2, 0.25) is 0 Å². The minimum absolute atomic E-state index is 0.181. The number of rotatable bonds is 4. The molecule has 0 fully saturated rings. The van der Waals surface area contributed by atoms with Crippen molar-refractivity contribution in [2.75, 3.05) is 7.05 Å². The van der Waals surface area contributed by atoms with Crippen molar-refractivity contribution >= 4 is 37.4 Å². The van der Waals surface area contributed by atoms with Crippen LogP contribution in [0.2, 0.25) is 0 Å². The van der Waals surface area contributed by atoms with Gasteiger partial charge in [-0.05, 0) is 58.5 Å². The minimum atomic E-state index is -0.210. The lowest BCUT2D eigenvalue weighted by atomic mass is 10.0. The molecule has 108 valence electrons. The van der Waals surface area contributed by atoms with Crippen LogP contribution in [-0.4, -0.2) is 7.05 Å². The number of likely N-dealkylation sites (N-methyl/N-ethyl adjacent to an activating group) is 1. The van der Waals surface area contributed by atoms with Crippen molar-refractivity contribution in [3.05, 3.63) is 69.3 Å². The molecule has 21 heavy (non-hydrogen) atoms. The molecule has 0 aliphatic carbocycles. The first-order valence-electron chi connectivity index (χ1n) is 6.77. The molecule has 0 spiro atoms. The highest BCUT2D eigenvalue weighted by atomic mass is 79.9. The summed E-state index contributed by atoms with van der Waals surface area (Å²) in [5.74, 6) is -0.210. The molecule has 0 aliphatic heterocycles. The number of thiophene rings is 1. The van der Waals surface area contributed by atoms with Crippen molar-refractivity contribution in [1.29, 1.82) is 0 Å². The highest BCUT2D eigenvalue weighted by Gasteiger charge is 2.16. The van der Waals surface area contributed by atoms with Gasteiger partial charge in [0.05, 0.1) is 4.47 Å². The predicted octanol–water partition coefficient (Wildman–Crippen LogP) is 5.31. The van der Waals surface area contributed by atoms with Gasteiger partial charge < -0.3 is 5.32 Å². The number of nitrogens with one attached hydrogen (secondary N) is 1. The molecule has 0 aliphatic rings. The van der Waals surface area contributed by atoms with Crippen LogP contribution in [0.4, 0.5) is 4.39 Å². The van der Waals surface area contributed by atoms with Crippen molar-refractivity contribution in [3.63, 3.8) is 0 Å². The first kappa shape index (κ1) is 14.7. The standard InChI is InChI=1S/C17H15BrFNS/c1-20-14(9-12-6-4-7-13(19)17(12)18)16-10-11-5-2-3-8-15(11)21-16/h2-8,10,14,20H,9H2,1H3. The second kappa shape index (κ2) is 6.26. The van der Waals surface area contributed by atoms with E-state index in [0.717, 1.165) is 12.0 Å². The molecule has 0 saturated carbocycles. The average molecular weight is 364 g/mol. The maximum absolute atomic E-state index is 13.6. The predicted molar refractivity (Wildman–Crippen MR) is 91.4 cm³/mol. The third kappa shape index (κ3) is 3.03. The van der Waals surface area contributed by atoms with Crippen LogP contribution < -0.4 is 5.32 Å². The topological polar surface area (TPSA) is 12.0 Å². The van der Waals surface area contributed by atoms with Crippen LogP contribution in [0.1, 0.15) is 16.5 Å². The fourth-order valence-corrected chi connectivity index (χ4v) is 4.05. The Morgan fingerprint density at radius 2 is 2.00 bits per heavy atom. The Hall–Kier alpha value is -1.23. The molecular weight excluding hydrogens is 349 g/mol. The van der Waals surface area contributed by atoms with Gasteiger partial charge in [-0.25, -0.2) is 4.39 Å². The van der Waals surface area contributed by atoms with E-state index in [4.69, 9.17) is 0 Å². The SMILES string of the molecule is CNC(Cc1cccc(F)c1Br)c1cc2ccccc2s1. The van der Waals surface area contributed by atoms with E-state index in [0.29, 0.717) is 4.47 Å². The van der Waals surface area contributed by atoms with Crippen LogP contribution in [-0.2, 0) is 6.42 Å². The van der Waals surface area contributed by atoms with Crippen LogP contribution in [0.3, 0.4) is 0 Å². The van der Waals surface area contributed by atoms with Gasteiger partial charge in [0.25, 0.3) is 0 Å². The molecule has 0 bridgehead atoms. The summed E-state index contributed by atoms with van der Waals surface area (Å²) < 4.78 is 15.5. The zero-order chi connectivity index (χ0) is 14.8. The Labute approximate surface area is 135 Å². The maximum atomic E-state index is 13.6. The quantitative estimate of drug-likeness (QED) is 0.662. The van der Waals surface area contributed by atoms with Crippen LogP contribution in [0, 0.1) is 5.82 Å². The molecule has 3 aromatic rings. The van der Waals surface area contributed by atoms with E-state index in [9.17, 15) is 4.39 Å². The summed E-state index contributed by atoms with van der Waals surface area (Å²) in [5, 5.41) is 4.60. The third-order valence-corrected chi connectivity index (χ3v) is 5.71. The van der Waals surface area contributed by atoms with Gasteiger partial charge in [-0.15, -0.1) is 11.3 Å². The first-order valence-corrected chi connectivity index (χ1v) is 8.38. The van der Waals surface area contributed by atoms with Gasteiger partial charge in [0, 0.05) is 15.6 Å². The minimum Gasteiger partial charge on any atom is -0.312 e. The lowest BCUT2D eigenvalue weighted by Crippen LogP contribution is -2.18. The smallest absolute Gasteiger partial charge is 0.137 e. The van der Waals surface area contributed by atoms with Crippen molar-refractivity contribution in [1.82, 2.24) is 5.32 Å². The summed E-state index contributed by atoms with van der Waals surface area (Å²) in [7, 11) is 1.95. The van der Waals surface area contributed by atoms with Crippen molar-refractivity contribution in [3.8, 4) is 0 Å². The fraction of sp³-hybridized carbons (Fsp3) is 0.176. The molecule has 1 heterocycles. The molecule has 2 aromatic carbocycles. The Bertz CT molecular complexity index is 735. The molecule has 0 amide bonds. The molecule has 1 aromatic heterocycles. The monoisotopic (exact) mass is 363 g/mol. The molecule has 3 rings (SSSR count). The summed E-state index contributed by atoms with van der Waals surface area (Å²) in [4.78, 5) is 1.27. The Kier molecular flexibility index (Phi) is 4.38. The van der Waals surface area contributed by atoms with Crippen LogP contribution >= 0.6 is 27.3 Å². The van der Waals surface area contributed by atoms with E-state index in [-0.39, 0.29) is 11.9 Å². The molecule has 1 atom stereocenters. The van der Waals surface area contributed by atoms with E-state index in [1.807, 2.05) is 13.1 Å². The summed E-state index contributed by atoms with van der Waals surface area (Å²) in [5.41, 5.74) is 0.979. The molecule has 1 N–H and O–H groups in total. The highest BCUT2D eigenvalue weighted by Crippen LogP contribution is 2.32. The van der Waals surface area contributed by atoms with Crippen LogP contribution in [0.5, 0.6) is 0 Å². The molecule has 4 heteroatoms. The number of halogens is 2. The molecule has 1 nitrogen and oxygen atoms in total. The largest absolute Gasteiger partial charge is 0.312 e. The van der Waals surface area contributed by atoms with Crippen molar-refractivity contribution in [2.45, 2.75) is 12.5 Å². The lowest BCUT2D eigenvalue weighted by molar-refractivity contribution is 0.587. The normalized spacial score (nSPS) is 12.7. The average Bonchev–Trinajstić information content (AvgIpc) is 2.92. The summed E-state index contributed by atoms with van der Waals surface area (Å²) in [6.07, 6.45) is 0.752. The van der Waals surface area contributed by atoms with Gasteiger partial charge in [0.1, 0.15) is 5.82 Å². The zero-order valence-electron chi connectivity index (χ0n) is 11.6. The van der Waals surface area contributed by atoms with Gasteiger partial charge in [-0.2, -0.15) is 0 Å². The van der Waals surface area contributed by atoms with E-state index < -0.39 is 0 Å². The number of fused-ring (bicyclic) bond motifs is 1. The molecule has 0 radical (unpaired) electrons. The second-order valence-electron chi connectivity index (χ2n) is 4.94. The van der Waals surface area contributed by atoms with Crippen LogP contribution in [0.15, 0.2) is 53.0 Å². The number of hydrogen-bond donors (Lipinski definition) is 1. The fourth-order valence-electron chi connectivity index (χ4n) is 2.45. The molecular formula is C17H15BrFNS. The van der Waals surface area contributed by atoms with E-state index in [2.05, 4.69) is 51.6 Å². The van der Waals surface area contributed by atoms with Crippen molar-refractivity contribution in [2.24, 2.45) is 0 Å². The van der Waals surface area contributed by atoms with Gasteiger partial charge in [-0.1, -0.05) is 30.3 Å². The summed E-state index contributed by atoms with van der Waals surface area (Å²) >= 11 is 5.13. The second-order valence-corrected chi connectivity index (χ2v) is 6.85. The van der Waals surface area contributed by atoms with Gasteiger partial charge >= 0.3 is 0 Å². The summed E-state index contributed by atoms with van der Waals surface area (Å²) in [6.45, 7) is 0. The van der Waals surface area contributed by atoms with E-state index in [1.165, 1.54) is 21.0 Å². The van der Waals surface area contributed by atoms with Gasteiger partial charge in [0.15, 0.2) is 0 Å². The Morgan fingerprint density at radius 3 is 2.76 bits per heavy atom. The third-order valence-electron chi connectivity index (χ3n) is 3.59. The Morgan fingerprint density at radius 1 is 1.19 bits per heavy atom. The number of benzene rings is 2. The summed E-state index contributed by atoms with van der Waals surface area (Å²) in [6, 6.07) is 16.0. The molecule has 0 saturated heterocycles. The first-order chi connectivity index (χ1) is 10.2. The van der Waals surface area contributed by atoms with Gasteiger partial charge in [-0.3, -0.25) is 0 Å². The van der Waals surface area contributed by atoms with Crippen LogP contribution in [0.25, 0.3) is 10.1 Å². The van der Waals surface area contributed by atoms with Crippen molar-refractivity contribution < 1.29 is 4.39 Å². The lowest BCUT2D eigenvalue weighted by Gasteiger charge is -2.15. The van der Waals surface area contributed by atoms with E-state index >= 15 is 0 Å². The maximum Gasteiger partial charge on any atom is 0.137 e. The highest BCUT2D eigenvalue weighted by molar-refractivity contribution is 9.10. The molecule has 1 unspecified atom stereocenters. The Balaban J connectivity index is 1.93. The zero-order valence-corrected chi connectivity index (χ0v) is 14.0. The van der Waals surface area contributed by atoms with E-state index in [1.54, 1.807) is 17.4 Å². The number of hydrogen-bond acceptors (Lipinski definition) is 2.